The van der Waals surface area contributed by atoms with E-state index in [1.54, 1.807) is 6.92 Å². The average Bonchev–Trinajstić information content (AvgIpc) is 2.90. The summed E-state index contributed by atoms with van der Waals surface area (Å²) in [6.07, 6.45) is 2.17. The third-order valence-corrected chi connectivity index (χ3v) is 6.87. The minimum absolute atomic E-state index is 0.0455. The second-order valence-electron chi connectivity index (χ2n) is 11.0. The number of carbonyl (C=O) groups excluding carboxylic acids is 2. The van der Waals surface area contributed by atoms with Gasteiger partial charge in [0.25, 0.3) is 0 Å². The molecule has 0 bridgehead atoms. The van der Waals surface area contributed by atoms with Crippen LogP contribution in [-0.4, -0.2) is 40.7 Å². The number of nitrogens with one attached hydrogen (secondary N) is 2. The Balaban J connectivity index is 1.70. The Morgan fingerprint density at radius 1 is 1.05 bits per heavy atom. The number of aromatic nitrogens is 1. The van der Waals surface area contributed by atoms with Crippen molar-refractivity contribution in [2.24, 2.45) is 0 Å². The number of nitro groups is 1. The van der Waals surface area contributed by atoms with Gasteiger partial charge in [0, 0.05) is 23.7 Å². The summed E-state index contributed by atoms with van der Waals surface area (Å²) in [4.78, 5) is 40.6. The molecule has 2 N–H and O–H groups in total. The topological polar surface area (TPSA) is 133 Å². The summed E-state index contributed by atoms with van der Waals surface area (Å²) >= 11 is 0. The number of rotatable bonds is 10. The zero-order chi connectivity index (χ0) is 29.6. The monoisotopic (exact) mass is 560 g/mol. The van der Waals surface area contributed by atoms with Crippen LogP contribution >= 0.6 is 0 Å². The molecule has 0 saturated heterocycles. The van der Waals surface area contributed by atoms with Gasteiger partial charge in [0.05, 0.1) is 29.2 Å². The molecule has 10 heteroatoms. The Labute approximate surface area is 239 Å². The van der Waals surface area contributed by atoms with E-state index in [0.717, 1.165) is 36.0 Å². The predicted octanol–water partition coefficient (Wildman–Crippen LogP) is 6.59. The minimum Gasteiger partial charge on any atom is -0.466 e. The van der Waals surface area contributed by atoms with E-state index in [2.05, 4.69) is 10.6 Å². The first-order valence-corrected chi connectivity index (χ1v) is 13.8. The Bertz CT molecular complexity index is 1400. The minimum atomic E-state index is -0.601. The first-order valence-electron chi connectivity index (χ1n) is 13.8. The highest BCUT2D eigenvalue weighted by Crippen LogP contribution is 2.43. The predicted molar refractivity (Wildman–Crippen MR) is 156 cm³/mol. The van der Waals surface area contributed by atoms with Crippen LogP contribution in [0.5, 0.6) is 0 Å². The van der Waals surface area contributed by atoms with Gasteiger partial charge in [-0.1, -0.05) is 54.6 Å². The van der Waals surface area contributed by atoms with E-state index in [-0.39, 0.29) is 31.1 Å². The fourth-order valence-electron chi connectivity index (χ4n) is 4.81. The van der Waals surface area contributed by atoms with E-state index in [4.69, 9.17) is 14.5 Å². The molecule has 41 heavy (non-hydrogen) atoms. The van der Waals surface area contributed by atoms with E-state index < -0.39 is 28.1 Å². The van der Waals surface area contributed by atoms with Crippen molar-refractivity contribution in [3.63, 3.8) is 0 Å². The number of hydrogen-bond acceptors (Lipinski definition) is 8. The lowest BCUT2D eigenvalue weighted by molar-refractivity contribution is -0.384. The molecule has 0 spiro atoms. The van der Waals surface area contributed by atoms with Gasteiger partial charge in [0.1, 0.15) is 5.60 Å². The standard InChI is InChI=1S/C31H36N4O6/c1-5-40-26(36)16-19-32-28-25(35(38)39)20-24(21-10-7-6-8-11-21)27(33-28)22-12-14-23(15-13-22)31(17-9-18-31)34-29(37)41-30(2,3)4/h6-8,10-15,20H,5,9,16-19H2,1-4H3,(H,32,33)(H,34,37). The number of anilines is 1. The second-order valence-corrected chi connectivity index (χ2v) is 11.0. The maximum absolute atomic E-state index is 12.6. The summed E-state index contributed by atoms with van der Waals surface area (Å²) in [6.45, 7) is 7.60. The number of hydrogen-bond donors (Lipinski definition) is 2. The van der Waals surface area contributed by atoms with Crippen molar-refractivity contribution >= 4 is 23.6 Å². The fraction of sp³-hybridized carbons (Fsp3) is 0.387. The lowest BCUT2D eigenvalue weighted by atomic mass is 9.71. The van der Waals surface area contributed by atoms with Crippen molar-refractivity contribution in [1.82, 2.24) is 10.3 Å². The molecule has 1 aliphatic carbocycles. The molecule has 1 heterocycles. The Morgan fingerprint density at radius 2 is 1.73 bits per heavy atom. The number of pyridine rings is 1. The number of amides is 1. The average molecular weight is 561 g/mol. The van der Waals surface area contributed by atoms with Crippen LogP contribution in [0, 0.1) is 10.1 Å². The molecule has 3 aromatic rings. The van der Waals surface area contributed by atoms with Gasteiger partial charge in [0.2, 0.25) is 5.82 Å². The lowest BCUT2D eigenvalue weighted by Crippen LogP contribution is -2.52. The third-order valence-electron chi connectivity index (χ3n) is 6.87. The number of nitrogens with zero attached hydrogens (tertiary/aromatic N) is 2. The Kier molecular flexibility index (Phi) is 8.90. The van der Waals surface area contributed by atoms with E-state index >= 15 is 0 Å². The smallest absolute Gasteiger partial charge is 0.408 e. The number of ether oxygens (including phenoxy) is 2. The summed E-state index contributed by atoms with van der Waals surface area (Å²) < 4.78 is 10.5. The van der Waals surface area contributed by atoms with Crippen molar-refractivity contribution in [3.8, 4) is 22.4 Å². The zero-order valence-corrected chi connectivity index (χ0v) is 23.9. The molecule has 2 aromatic carbocycles. The third kappa shape index (κ3) is 7.19. The molecule has 0 aliphatic heterocycles. The van der Waals surface area contributed by atoms with Gasteiger partial charge in [-0.3, -0.25) is 14.9 Å². The zero-order valence-electron chi connectivity index (χ0n) is 23.9. The molecular formula is C31H36N4O6. The van der Waals surface area contributed by atoms with Gasteiger partial charge < -0.3 is 20.1 Å². The van der Waals surface area contributed by atoms with Crippen LogP contribution < -0.4 is 10.6 Å². The van der Waals surface area contributed by atoms with Crippen LogP contribution in [0.3, 0.4) is 0 Å². The summed E-state index contributed by atoms with van der Waals surface area (Å²) in [7, 11) is 0. The second kappa shape index (κ2) is 12.4. The normalized spacial score (nSPS) is 14.0. The largest absolute Gasteiger partial charge is 0.466 e. The van der Waals surface area contributed by atoms with Crippen LogP contribution in [0.2, 0.25) is 0 Å². The molecule has 0 radical (unpaired) electrons. The van der Waals surface area contributed by atoms with E-state index in [9.17, 15) is 19.7 Å². The van der Waals surface area contributed by atoms with Crippen LogP contribution in [0.1, 0.15) is 58.9 Å². The highest BCUT2D eigenvalue weighted by atomic mass is 16.6. The molecule has 0 unspecified atom stereocenters. The van der Waals surface area contributed by atoms with Crippen molar-refractivity contribution in [3.05, 3.63) is 76.3 Å². The molecule has 1 aliphatic rings. The Morgan fingerprint density at radius 3 is 2.29 bits per heavy atom. The molecule has 0 atom stereocenters. The van der Waals surface area contributed by atoms with Crippen LogP contribution in [0.15, 0.2) is 60.7 Å². The molecule has 1 fully saturated rings. The van der Waals surface area contributed by atoms with E-state index in [1.807, 2.05) is 75.4 Å². The maximum atomic E-state index is 12.6. The van der Waals surface area contributed by atoms with Crippen LogP contribution in [0.4, 0.5) is 16.3 Å². The molecular weight excluding hydrogens is 524 g/mol. The molecule has 1 saturated carbocycles. The first kappa shape index (κ1) is 29.5. The summed E-state index contributed by atoms with van der Waals surface area (Å²) in [5.74, 6) is -0.329. The summed E-state index contributed by atoms with van der Waals surface area (Å²) in [5, 5.41) is 18.0. The number of alkyl carbamates (subject to hydrolysis) is 1. The molecule has 1 amide bonds. The number of esters is 1. The highest BCUT2D eigenvalue weighted by molar-refractivity contribution is 5.85. The number of carbonyl (C=O) groups is 2. The van der Waals surface area contributed by atoms with Gasteiger partial charge in [-0.25, -0.2) is 9.78 Å². The fourth-order valence-corrected chi connectivity index (χ4v) is 4.81. The molecule has 10 nitrogen and oxygen atoms in total. The van der Waals surface area contributed by atoms with Crippen molar-refractivity contribution < 1.29 is 24.0 Å². The van der Waals surface area contributed by atoms with Crippen molar-refractivity contribution in [2.45, 2.75) is 64.5 Å². The summed E-state index contributed by atoms with van der Waals surface area (Å²) in [6, 6.07) is 18.6. The van der Waals surface area contributed by atoms with E-state index in [1.165, 1.54) is 6.07 Å². The Hall–Kier alpha value is -4.47. The van der Waals surface area contributed by atoms with Crippen LogP contribution in [0.25, 0.3) is 22.4 Å². The highest BCUT2D eigenvalue weighted by Gasteiger charge is 2.41. The SMILES string of the molecule is CCOC(=O)CCNc1nc(-c2ccc(C3(NC(=O)OC(C)(C)C)CCC3)cc2)c(-c2ccccc2)cc1[N+](=O)[O-]. The lowest BCUT2D eigenvalue weighted by Gasteiger charge is -2.43. The molecule has 216 valence electrons. The summed E-state index contributed by atoms with van der Waals surface area (Å²) in [5.41, 5.74) is 2.34. The van der Waals surface area contributed by atoms with Gasteiger partial charge in [-0.15, -0.1) is 0 Å². The van der Waals surface area contributed by atoms with Crippen molar-refractivity contribution in [1.29, 1.82) is 0 Å². The molecule has 4 rings (SSSR count). The maximum Gasteiger partial charge on any atom is 0.408 e. The van der Waals surface area contributed by atoms with Crippen molar-refractivity contribution in [2.75, 3.05) is 18.5 Å². The van der Waals surface area contributed by atoms with E-state index in [0.29, 0.717) is 11.3 Å². The van der Waals surface area contributed by atoms with Gasteiger partial charge in [0.15, 0.2) is 0 Å². The van der Waals surface area contributed by atoms with Gasteiger partial charge >= 0.3 is 17.7 Å². The van der Waals surface area contributed by atoms with Gasteiger partial charge in [-0.2, -0.15) is 0 Å². The molecule has 1 aromatic heterocycles. The first-order chi connectivity index (χ1) is 19.5. The number of benzene rings is 2. The quantitative estimate of drug-likeness (QED) is 0.161. The van der Waals surface area contributed by atoms with Crippen LogP contribution in [-0.2, 0) is 19.8 Å². The van der Waals surface area contributed by atoms with Gasteiger partial charge in [-0.05, 0) is 58.1 Å².